The van der Waals surface area contributed by atoms with E-state index in [4.69, 9.17) is 5.73 Å². The molecule has 1 atom stereocenters. The minimum atomic E-state index is 0.378. The van der Waals surface area contributed by atoms with Crippen molar-refractivity contribution in [2.45, 2.75) is 38.3 Å². The van der Waals surface area contributed by atoms with Crippen LogP contribution < -0.4 is 10.6 Å². The quantitative estimate of drug-likeness (QED) is 0.819. The molecular weight excluding hydrogens is 234 g/mol. The van der Waals surface area contributed by atoms with Gasteiger partial charge in [0.25, 0.3) is 0 Å². The van der Waals surface area contributed by atoms with Gasteiger partial charge in [-0.1, -0.05) is 19.1 Å². The molecule has 1 aromatic carbocycles. The van der Waals surface area contributed by atoms with Gasteiger partial charge in [-0.15, -0.1) is 0 Å². The van der Waals surface area contributed by atoms with Crippen LogP contribution in [0.1, 0.15) is 37.8 Å². The molecule has 1 aliphatic rings. The molecule has 0 aliphatic heterocycles. The van der Waals surface area contributed by atoms with Gasteiger partial charge in [-0.2, -0.15) is 0 Å². The molecule has 0 saturated heterocycles. The molecule has 3 nitrogen and oxygen atoms in total. The summed E-state index contributed by atoms with van der Waals surface area (Å²) in [5.41, 5.74) is 8.65. The summed E-state index contributed by atoms with van der Waals surface area (Å²) in [5.74, 6) is 0. The van der Waals surface area contributed by atoms with Gasteiger partial charge in [-0.3, -0.25) is 4.90 Å². The predicted molar refractivity (Wildman–Crippen MR) is 82.6 cm³/mol. The fraction of sp³-hybridized carbons (Fsp3) is 0.625. The van der Waals surface area contributed by atoms with E-state index in [1.165, 1.54) is 30.5 Å². The van der Waals surface area contributed by atoms with Crippen LogP contribution in [0, 0.1) is 0 Å². The molecule has 106 valence electrons. The smallest absolute Gasteiger partial charge is 0.0473 e. The molecular formula is C16H27N3. The SMILES string of the molecule is CCCN(C1CC1)C(CN)c1ccc(N(C)C)cc1. The second-order valence-corrected chi connectivity index (χ2v) is 5.71. The molecule has 0 aromatic heterocycles. The van der Waals surface area contributed by atoms with Crippen LogP contribution >= 0.6 is 0 Å². The molecule has 0 radical (unpaired) electrons. The van der Waals surface area contributed by atoms with Crippen LogP contribution in [0.2, 0.25) is 0 Å². The largest absolute Gasteiger partial charge is 0.378 e. The highest BCUT2D eigenvalue weighted by Gasteiger charge is 2.33. The predicted octanol–water partition coefficient (Wildman–Crippen LogP) is 2.63. The van der Waals surface area contributed by atoms with Crippen LogP contribution in [-0.4, -0.2) is 38.1 Å². The second-order valence-electron chi connectivity index (χ2n) is 5.71. The van der Waals surface area contributed by atoms with Crippen LogP contribution in [0.3, 0.4) is 0 Å². The zero-order valence-electron chi connectivity index (χ0n) is 12.5. The first-order chi connectivity index (χ1) is 9.17. The number of anilines is 1. The third-order valence-electron chi connectivity index (χ3n) is 3.92. The summed E-state index contributed by atoms with van der Waals surface area (Å²) in [7, 11) is 4.14. The molecule has 1 aliphatic carbocycles. The second kappa shape index (κ2) is 6.40. The van der Waals surface area contributed by atoms with Gasteiger partial charge in [0.2, 0.25) is 0 Å². The summed E-state index contributed by atoms with van der Waals surface area (Å²) >= 11 is 0. The zero-order chi connectivity index (χ0) is 13.8. The molecule has 1 unspecified atom stereocenters. The van der Waals surface area contributed by atoms with E-state index in [1.807, 2.05) is 0 Å². The Balaban J connectivity index is 2.15. The van der Waals surface area contributed by atoms with Crippen molar-refractivity contribution in [2.75, 3.05) is 32.1 Å². The van der Waals surface area contributed by atoms with Crippen molar-refractivity contribution in [3.63, 3.8) is 0 Å². The topological polar surface area (TPSA) is 32.5 Å². The lowest BCUT2D eigenvalue weighted by Gasteiger charge is -2.31. The first-order valence-electron chi connectivity index (χ1n) is 7.40. The number of benzene rings is 1. The Morgan fingerprint density at radius 2 is 1.84 bits per heavy atom. The van der Waals surface area contributed by atoms with Crippen molar-refractivity contribution in [1.82, 2.24) is 4.90 Å². The summed E-state index contributed by atoms with van der Waals surface area (Å²) in [4.78, 5) is 4.73. The van der Waals surface area contributed by atoms with Gasteiger partial charge in [-0.05, 0) is 43.5 Å². The highest BCUT2D eigenvalue weighted by molar-refractivity contribution is 5.46. The molecule has 0 bridgehead atoms. The third-order valence-corrected chi connectivity index (χ3v) is 3.92. The van der Waals surface area contributed by atoms with Gasteiger partial charge in [0.15, 0.2) is 0 Å². The lowest BCUT2D eigenvalue weighted by Crippen LogP contribution is -2.36. The van der Waals surface area contributed by atoms with Gasteiger partial charge >= 0.3 is 0 Å². The minimum Gasteiger partial charge on any atom is -0.378 e. The Kier molecular flexibility index (Phi) is 4.83. The molecule has 2 rings (SSSR count). The summed E-state index contributed by atoms with van der Waals surface area (Å²) in [6.07, 6.45) is 3.88. The standard InChI is InChI=1S/C16H27N3/c1-4-11-19(15-9-10-15)16(12-17)13-5-7-14(8-6-13)18(2)3/h5-8,15-16H,4,9-12,17H2,1-3H3. The molecule has 19 heavy (non-hydrogen) atoms. The van der Waals surface area contributed by atoms with E-state index in [2.05, 4.69) is 55.1 Å². The van der Waals surface area contributed by atoms with Crippen molar-refractivity contribution >= 4 is 5.69 Å². The summed E-state index contributed by atoms with van der Waals surface area (Å²) in [6, 6.07) is 9.99. The minimum absolute atomic E-state index is 0.378. The van der Waals surface area contributed by atoms with Crippen molar-refractivity contribution in [3.05, 3.63) is 29.8 Å². The summed E-state index contributed by atoms with van der Waals surface area (Å²) in [5, 5.41) is 0. The van der Waals surface area contributed by atoms with E-state index < -0.39 is 0 Å². The van der Waals surface area contributed by atoms with Crippen molar-refractivity contribution in [2.24, 2.45) is 5.73 Å². The molecule has 1 fully saturated rings. The van der Waals surface area contributed by atoms with Gasteiger partial charge in [0, 0.05) is 38.4 Å². The summed E-state index contributed by atoms with van der Waals surface area (Å²) in [6.45, 7) is 4.11. The average Bonchev–Trinajstić information content (AvgIpc) is 3.23. The molecule has 0 spiro atoms. The Morgan fingerprint density at radius 1 is 1.21 bits per heavy atom. The van der Waals surface area contributed by atoms with Crippen molar-refractivity contribution < 1.29 is 0 Å². The maximum atomic E-state index is 6.05. The van der Waals surface area contributed by atoms with Crippen LogP contribution in [0.15, 0.2) is 24.3 Å². The Hall–Kier alpha value is -1.06. The van der Waals surface area contributed by atoms with Crippen LogP contribution in [-0.2, 0) is 0 Å². The highest BCUT2D eigenvalue weighted by Crippen LogP contribution is 2.34. The highest BCUT2D eigenvalue weighted by atomic mass is 15.2. The Bertz CT molecular complexity index is 381. The maximum absolute atomic E-state index is 6.05. The fourth-order valence-electron chi connectivity index (χ4n) is 2.71. The van der Waals surface area contributed by atoms with E-state index in [0.29, 0.717) is 12.6 Å². The normalized spacial score (nSPS) is 16.7. The molecule has 0 heterocycles. The molecule has 1 saturated carbocycles. The molecule has 1 aromatic rings. The van der Waals surface area contributed by atoms with Gasteiger partial charge in [-0.25, -0.2) is 0 Å². The van der Waals surface area contributed by atoms with Crippen LogP contribution in [0.5, 0.6) is 0 Å². The lowest BCUT2D eigenvalue weighted by molar-refractivity contribution is 0.191. The van der Waals surface area contributed by atoms with E-state index >= 15 is 0 Å². The fourth-order valence-corrected chi connectivity index (χ4v) is 2.71. The first kappa shape index (κ1) is 14.4. The van der Waals surface area contributed by atoms with Gasteiger partial charge in [0.05, 0.1) is 0 Å². The lowest BCUT2D eigenvalue weighted by atomic mass is 10.0. The van der Waals surface area contributed by atoms with Gasteiger partial charge < -0.3 is 10.6 Å². The van der Waals surface area contributed by atoms with E-state index in [1.54, 1.807) is 0 Å². The zero-order valence-corrected chi connectivity index (χ0v) is 12.5. The monoisotopic (exact) mass is 261 g/mol. The third kappa shape index (κ3) is 3.48. The number of hydrogen-bond acceptors (Lipinski definition) is 3. The molecule has 3 heteroatoms. The maximum Gasteiger partial charge on any atom is 0.0473 e. The molecule has 2 N–H and O–H groups in total. The molecule has 0 amide bonds. The average molecular weight is 261 g/mol. The van der Waals surface area contributed by atoms with Gasteiger partial charge in [0.1, 0.15) is 0 Å². The van der Waals surface area contributed by atoms with Crippen LogP contribution in [0.25, 0.3) is 0 Å². The van der Waals surface area contributed by atoms with E-state index in [-0.39, 0.29) is 0 Å². The Morgan fingerprint density at radius 3 is 2.26 bits per heavy atom. The van der Waals surface area contributed by atoms with Crippen molar-refractivity contribution in [1.29, 1.82) is 0 Å². The number of nitrogens with two attached hydrogens (primary N) is 1. The summed E-state index contributed by atoms with van der Waals surface area (Å²) < 4.78 is 0. The first-order valence-corrected chi connectivity index (χ1v) is 7.40. The van der Waals surface area contributed by atoms with E-state index in [9.17, 15) is 0 Å². The number of rotatable bonds is 7. The number of hydrogen-bond donors (Lipinski definition) is 1. The number of nitrogens with zero attached hydrogens (tertiary/aromatic N) is 2. The van der Waals surface area contributed by atoms with Crippen LogP contribution in [0.4, 0.5) is 5.69 Å². The van der Waals surface area contributed by atoms with E-state index in [0.717, 1.165) is 12.6 Å². The van der Waals surface area contributed by atoms with Crippen molar-refractivity contribution in [3.8, 4) is 0 Å². The Labute approximate surface area is 117 Å².